The van der Waals surface area contributed by atoms with E-state index in [4.69, 9.17) is 17.3 Å². The Morgan fingerprint density at radius 1 is 1.21 bits per heavy atom. The van der Waals surface area contributed by atoms with E-state index in [9.17, 15) is 9.59 Å². The molecule has 1 fully saturated rings. The Balaban J connectivity index is 1.29. The number of carbonyl (C=O) groups excluding carboxylic acids is 2. The highest BCUT2D eigenvalue weighted by molar-refractivity contribution is 7.13. The second kappa shape index (κ2) is 9.06. The summed E-state index contributed by atoms with van der Waals surface area (Å²) in [7, 11) is 2.07. The van der Waals surface area contributed by atoms with Gasteiger partial charge in [0.2, 0.25) is 0 Å². The van der Waals surface area contributed by atoms with Gasteiger partial charge in [-0.1, -0.05) is 11.6 Å². The van der Waals surface area contributed by atoms with Crippen molar-refractivity contribution in [1.82, 2.24) is 25.5 Å². The van der Waals surface area contributed by atoms with Crippen molar-refractivity contribution in [2.24, 2.45) is 5.73 Å². The van der Waals surface area contributed by atoms with Gasteiger partial charge in [0.05, 0.1) is 11.7 Å². The molecule has 2 aliphatic rings. The van der Waals surface area contributed by atoms with E-state index in [1.165, 1.54) is 11.3 Å². The van der Waals surface area contributed by atoms with Crippen molar-refractivity contribution in [3.05, 3.63) is 50.6 Å². The largest absolute Gasteiger partial charge is 0.351 e. The number of nitrogens with zero attached hydrogens (tertiary/aromatic N) is 2. The lowest BCUT2D eigenvalue weighted by Crippen LogP contribution is -2.56. The Labute approximate surface area is 200 Å². The van der Waals surface area contributed by atoms with Crippen molar-refractivity contribution >= 4 is 45.7 Å². The third-order valence-electron chi connectivity index (χ3n) is 6.47. The molecule has 3 heterocycles. The minimum Gasteiger partial charge on any atom is -0.351 e. The maximum Gasteiger partial charge on any atom is 0.280 e. The number of aromatic amines is 1. The van der Waals surface area contributed by atoms with Crippen LogP contribution < -0.4 is 16.4 Å². The summed E-state index contributed by atoms with van der Waals surface area (Å²) in [6, 6.07) is 6.73. The number of nitrogens with one attached hydrogen (secondary N) is 3. The molecule has 1 aromatic carbocycles. The van der Waals surface area contributed by atoms with Gasteiger partial charge in [-0.3, -0.25) is 9.59 Å². The van der Waals surface area contributed by atoms with Crippen molar-refractivity contribution in [2.45, 2.75) is 50.4 Å². The first-order chi connectivity index (χ1) is 15.9. The molecule has 5 N–H and O–H groups in total. The SMILES string of the molecule is CN1CCc2nc(C(=O)N[C@@H]3CCC(N)C[C@@H]3NC(=O)c3cc4cc(Cl)ccc4[nH]3)sc2C1. The van der Waals surface area contributed by atoms with Gasteiger partial charge in [-0.25, -0.2) is 4.98 Å². The predicted molar refractivity (Wildman–Crippen MR) is 130 cm³/mol. The summed E-state index contributed by atoms with van der Waals surface area (Å²) >= 11 is 7.52. The summed E-state index contributed by atoms with van der Waals surface area (Å²) in [6.07, 6.45) is 2.96. The number of hydrogen-bond acceptors (Lipinski definition) is 6. The number of carbonyl (C=O) groups is 2. The van der Waals surface area contributed by atoms with E-state index in [1.807, 2.05) is 12.1 Å². The number of H-pyrrole nitrogens is 1. The van der Waals surface area contributed by atoms with E-state index < -0.39 is 0 Å². The fraction of sp³-hybridized carbons (Fsp3) is 0.435. The summed E-state index contributed by atoms with van der Waals surface area (Å²) in [4.78, 5) is 37.1. The zero-order valence-electron chi connectivity index (χ0n) is 18.4. The number of likely N-dealkylation sites (N-methyl/N-ethyl adjacent to an activating group) is 1. The fourth-order valence-electron chi connectivity index (χ4n) is 4.66. The molecule has 3 atom stereocenters. The number of aromatic nitrogens is 2. The normalized spacial score (nSPS) is 23.3. The van der Waals surface area contributed by atoms with Crippen LogP contribution in [-0.4, -0.2) is 58.4 Å². The highest BCUT2D eigenvalue weighted by atomic mass is 35.5. The van der Waals surface area contributed by atoms with Gasteiger partial charge in [0.1, 0.15) is 5.69 Å². The highest BCUT2D eigenvalue weighted by Gasteiger charge is 2.33. The van der Waals surface area contributed by atoms with Crippen LogP contribution in [0.2, 0.25) is 5.02 Å². The van der Waals surface area contributed by atoms with Crippen LogP contribution in [0.3, 0.4) is 0 Å². The van der Waals surface area contributed by atoms with E-state index in [1.54, 1.807) is 12.1 Å². The van der Waals surface area contributed by atoms with Crippen molar-refractivity contribution < 1.29 is 9.59 Å². The predicted octanol–water partition coefficient (Wildman–Crippen LogP) is 2.67. The standard InChI is InChI=1S/C23H27ClN6O2S/c1-30-7-6-17-20(11-30)33-23(29-17)22(32)27-16-5-3-14(25)10-18(16)28-21(31)19-9-12-8-13(24)2-4-15(12)26-19/h2,4,8-9,14,16,18,26H,3,5-7,10-11,25H2,1H3,(H,27,32)(H,28,31)/t14?,16-,18+/m1/s1. The Morgan fingerprint density at radius 2 is 2.03 bits per heavy atom. The third-order valence-corrected chi connectivity index (χ3v) is 7.78. The Morgan fingerprint density at radius 3 is 2.88 bits per heavy atom. The van der Waals surface area contributed by atoms with Crippen LogP contribution >= 0.6 is 22.9 Å². The van der Waals surface area contributed by atoms with Gasteiger partial charge in [0.15, 0.2) is 5.01 Å². The van der Waals surface area contributed by atoms with E-state index in [-0.39, 0.29) is 29.9 Å². The first kappa shape index (κ1) is 22.3. The van der Waals surface area contributed by atoms with Crippen LogP contribution in [-0.2, 0) is 13.0 Å². The molecule has 3 aromatic rings. The second-order valence-electron chi connectivity index (χ2n) is 9.02. The molecule has 0 spiro atoms. The molecule has 33 heavy (non-hydrogen) atoms. The minimum absolute atomic E-state index is 0.0207. The van der Waals surface area contributed by atoms with Crippen LogP contribution in [0.15, 0.2) is 24.3 Å². The number of fused-ring (bicyclic) bond motifs is 2. The molecule has 1 aliphatic heterocycles. The molecule has 1 saturated carbocycles. The average molecular weight is 487 g/mol. The number of halogens is 1. The van der Waals surface area contributed by atoms with Crippen molar-refractivity contribution in [3.63, 3.8) is 0 Å². The highest BCUT2D eigenvalue weighted by Crippen LogP contribution is 2.26. The van der Waals surface area contributed by atoms with E-state index >= 15 is 0 Å². The lowest BCUT2D eigenvalue weighted by molar-refractivity contribution is 0.0855. The quantitative estimate of drug-likeness (QED) is 0.452. The van der Waals surface area contributed by atoms with Crippen molar-refractivity contribution in [2.75, 3.05) is 13.6 Å². The molecule has 1 aliphatic carbocycles. The van der Waals surface area contributed by atoms with Gasteiger partial charge in [-0.15, -0.1) is 11.3 Å². The number of hydrogen-bond donors (Lipinski definition) is 4. The van der Waals surface area contributed by atoms with Crippen LogP contribution in [0.25, 0.3) is 10.9 Å². The molecular formula is C23H27ClN6O2S. The molecule has 0 radical (unpaired) electrons. The Bertz CT molecular complexity index is 1210. The molecule has 2 amide bonds. The van der Waals surface area contributed by atoms with Gasteiger partial charge in [0, 0.05) is 52.4 Å². The van der Waals surface area contributed by atoms with Crippen LogP contribution in [0.1, 0.15) is 50.1 Å². The summed E-state index contributed by atoms with van der Waals surface area (Å²) in [5.74, 6) is -0.412. The molecule has 0 bridgehead atoms. The zero-order valence-corrected chi connectivity index (χ0v) is 19.9. The monoisotopic (exact) mass is 486 g/mol. The second-order valence-corrected chi connectivity index (χ2v) is 10.5. The number of thiazole rings is 1. The van der Waals surface area contributed by atoms with Crippen LogP contribution in [0.5, 0.6) is 0 Å². The van der Waals surface area contributed by atoms with E-state index in [0.717, 1.165) is 47.4 Å². The Kier molecular flexibility index (Phi) is 6.13. The van der Waals surface area contributed by atoms with E-state index in [0.29, 0.717) is 28.6 Å². The first-order valence-electron chi connectivity index (χ1n) is 11.2. The van der Waals surface area contributed by atoms with Gasteiger partial charge < -0.3 is 26.3 Å². The number of nitrogens with two attached hydrogens (primary N) is 1. The molecular weight excluding hydrogens is 460 g/mol. The molecule has 10 heteroatoms. The smallest absolute Gasteiger partial charge is 0.280 e. The maximum atomic E-state index is 13.0. The maximum absolute atomic E-state index is 13.0. The molecule has 2 aromatic heterocycles. The fourth-order valence-corrected chi connectivity index (χ4v) is 5.93. The van der Waals surface area contributed by atoms with Crippen molar-refractivity contribution in [1.29, 1.82) is 0 Å². The summed E-state index contributed by atoms with van der Waals surface area (Å²) in [5, 5.41) is 8.17. The van der Waals surface area contributed by atoms with Gasteiger partial charge >= 0.3 is 0 Å². The van der Waals surface area contributed by atoms with Crippen LogP contribution in [0.4, 0.5) is 0 Å². The molecule has 5 rings (SSSR count). The lowest BCUT2D eigenvalue weighted by atomic mass is 9.87. The number of rotatable bonds is 4. The average Bonchev–Trinajstić information content (AvgIpc) is 3.39. The van der Waals surface area contributed by atoms with Gasteiger partial charge in [-0.05, 0) is 50.6 Å². The molecule has 1 unspecified atom stereocenters. The van der Waals surface area contributed by atoms with Gasteiger partial charge in [0.25, 0.3) is 11.8 Å². The van der Waals surface area contributed by atoms with Crippen LogP contribution in [0, 0.1) is 0 Å². The topological polar surface area (TPSA) is 116 Å². The van der Waals surface area contributed by atoms with Gasteiger partial charge in [-0.2, -0.15) is 0 Å². The molecule has 8 nitrogen and oxygen atoms in total. The number of amides is 2. The van der Waals surface area contributed by atoms with Crippen molar-refractivity contribution in [3.8, 4) is 0 Å². The third kappa shape index (κ3) is 4.77. The zero-order chi connectivity index (χ0) is 23.1. The first-order valence-corrected chi connectivity index (χ1v) is 12.4. The van der Waals surface area contributed by atoms with E-state index in [2.05, 4.69) is 32.5 Å². The summed E-state index contributed by atoms with van der Waals surface area (Å²) in [6.45, 7) is 1.78. The molecule has 0 saturated heterocycles. The summed E-state index contributed by atoms with van der Waals surface area (Å²) in [5.41, 5.74) is 8.52. The number of benzene rings is 1. The lowest BCUT2D eigenvalue weighted by Gasteiger charge is -2.35. The molecule has 174 valence electrons. The Hall–Kier alpha value is -2.46. The summed E-state index contributed by atoms with van der Waals surface area (Å²) < 4.78 is 0. The minimum atomic E-state index is -0.263.